The fraction of sp³-hybridized carbons (Fsp3) is 0.545. The lowest BCUT2D eigenvalue weighted by Crippen LogP contribution is -2.39. The zero-order valence-corrected chi connectivity index (χ0v) is 10.8. The van der Waals surface area contributed by atoms with E-state index in [0.717, 1.165) is 10.4 Å². The van der Waals surface area contributed by atoms with Crippen LogP contribution in [-0.4, -0.2) is 42.5 Å². The van der Waals surface area contributed by atoms with E-state index in [0.29, 0.717) is 12.8 Å². The van der Waals surface area contributed by atoms with Crippen molar-refractivity contribution in [3.8, 4) is 0 Å². The van der Waals surface area contributed by atoms with Crippen molar-refractivity contribution in [1.82, 2.24) is 9.29 Å². The highest BCUT2D eigenvalue weighted by molar-refractivity contribution is 7.89. The summed E-state index contributed by atoms with van der Waals surface area (Å²) in [4.78, 5) is 3.58. The third-order valence-electron chi connectivity index (χ3n) is 3.11. The molecule has 0 spiro atoms. The largest absolute Gasteiger partial charge is 0.393 e. The second-order valence-electron chi connectivity index (χ2n) is 4.57. The molecule has 1 aromatic rings. The highest BCUT2D eigenvalue weighted by Gasteiger charge is 2.33. The molecule has 1 saturated carbocycles. The van der Waals surface area contributed by atoms with E-state index in [9.17, 15) is 12.8 Å². The molecule has 1 aromatic heterocycles. The second kappa shape index (κ2) is 4.91. The molecule has 0 atom stereocenters. The van der Waals surface area contributed by atoms with E-state index in [-0.39, 0.29) is 18.6 Å². The third-order valence-corrected chi connectivity index (χ3v) is 4.86. The highest BCUT2D eigenvalue weighted by atomic mass is 32.2. The molecule has 0 aliphatic heterocycles. The predicted molar refractivity (Wildman–Crippen MR) is 62.7 cm³/mol. The highest BCUT2D eigenvalue weighted by Crippen LogP contribution is 2.29. The summed E-state index contributed by atoms with van der Waals surface area (Å²) in [6, 6.07) is 2.41. The monoisotopic (exact) mass is 274 g/mol. The van der Waals surface area contributed by atoms with Crippen LogP contribution >= 0.6 is 0 Å². The summed E-state index contributed by atoms with van der Waals surface area (Å²) in [5.74, 6) is -0.718. The third kappa shape index (κ3) is 2.52. The summed E-state index contributed by atoms with van der Waals surface area (Å²) in [6.45, 7) is 0.273. The van der Waals surface area contributed by atoms with Gasteiger partial charge in [-0.05, 0) is 30.9 Å². The Morgan fingerprint density at radius 2 is 2.22 bits per heavy atom. The summed E-state index contributed by atoms with van der Waals surface area (Å²) in [5, 5.41) is 8.61. The van der Waals surface area contributed by atoms with Crippen molar-refractivity contribution in [2.75, 3.05) is 13.6 Å². The van der Waals surface area contributed by atoms with Crippen LogP contribution in [0.3, 0.4) is 0 Å². The molecule has 0 radical (unpaired) electrons. The normalized spacial score (nSPS) is 24.0. The fourth-order valence-corrected chi connectivity index (χ4v) is 3.23. The number of rotatable bonds is 4. The Kier molecular flexibility index (Phi) is 3.65. The number of aromatic nitrogens is 1. The maximum absolute atomic E-state index is 13.4. The van der Waals surface area contributed by atoms with Crippen LogP contribution in [0.2, 0.25) is 0 Å². The SMILES string of the molecule is CN(CC1CC(O)C1)S(=O)(=O)c1ncccc1F. The van der Waals surface area contributed by atoms with Gasteiger partial charge in [0.2, 0.25) is 5.03 Å². The molecule has 1 aliphatic carbocycles. The van der Waals surface area contributed by atoms with Crippen LogP contribution in [0.4, 0.5) is 4.39 Å². The molecule has 0 aromatic carbocycles. The average molecular weight is 274 g/mol. The van der Waals surface area contributed by atoms with Crippen LogP contribution in [-0.2, 0) is 10.0 Å². The van der Waals surface area contributed by atoms with Gasteiger partial charge in [-0.15, -0.1) is 0 Å². The molecule has 100 valence electrons. The van der Waals surface area contributed by atoms with Gasteiger partial charge in [-0.25, -0.2) is 17.8 Å². The lowest BCUT2D eigenvalue weighted by atomic mass is 9.82. The Hall–Kier alpha value is -1.05. The van der Waals surface area contributed by atoms with Crippen molar-refractivity contribution in [3.63, 3.8) is 0 Å². The quantitative estimate of drug-likeness (QED) is 0.873. The van der Waals surface area contributed by atoms with E-state index < -0.39 is 20.9 Å². The molecule has 1 fully saturated rings. The van der Waals surface area contributed by atoms with Gasteiger partial charge in [0.25, 0.3) is 10.0 Å². The predicted octanol–water partition coefficient (Wildman–Crippen LogP) is 0.612. The molecule has 0 saturated heterocycles. The van der Waals surface area contributed by atoms with Crippen molar-refractivity contribution in [1.29, 1.82) is 0 Å². The van der Waals surface area contributed by atoms with Gasteiger partial charge in [0.05, 0.1) is 6.10 Å². The van der Waals surface area contributed by atoms with Gasteiger partial charge in [-0.1, -0.05) is 0 Å². The van der Waals surface area contributed by atoms with E-state index >= 15 is 0 Å². The van der Waals surface area contributed by atoms with Gasteiger partial charge in [0.1, 0.15) is 0 Å². The molecule has 1 N–H and O–H groups in total. The van der Waals surface area contributed by atoms with E-state index in [2.05, 4.69) is 4.98 Å². The second-order valence-corrected chi connectivity index (χ2v) is 6.53. The minimum absolute atomic E-state index is 0.131. The molecule has 0 bridgehead atoms. The summed E-state index contributed by atoms with van der Waals surface area (Å²) in [7, 11) is -2.50. The summed E-state index contributed by atoms with van der Waals surface area (Å²) in [5.41, 5.74) is 0. The molecule has 18 heavy (non-hydrogen) atoms. The molecule has 7 heteroatoms. The lowest BCUT2D eigenvalue weighted by Gasteiger charge is -2.33. The standard InChI is InChI=1S/C11H15FN2O3S/c1-14(7-8-5-9(15)6-8)18(16,17)11-10(12)3-2-4-13-11/h2-4,8-9,15H,5-7H2,1H3. The van der Waals surface area contributed by atoms with Gasteiger partial charge in [-0.3, -0.25) is 0 Å². The summed E-state index contributed by atoms with van der Waals surface area (Å²) in [6.07, 6.45) is 2.09. The van der Waals surface area contributed by atoms with Gasteiger partial charge in [-0.2, -0.15) is 4.31 Å². The van der Waals surface area contributed by atoms with Crippen molar-refractivity contribution in [3.05, 3.63) is 24.1 Å². The Labute approximate surface area is 105 Å². The van der Waals surface area contributed by atoms with Gasteiger partial charge >= 0.3 is 0 Å². The molecule has 0 amide bonds. The molecule has 5 nitrogen and oxygen atoms in total. The van der Waals surface area contributed by atoms with Crippen LogP contribution in [0.25, 0.3) is 0 Å². The van der Waals surface area contributed by atoms with Gasteiger partial charge < -0.3 is 5.11 Å². The summed E-state index contributed by atoms with van der Waals surface area (Å²) >= 11 is 0. The maximum atomic E-state index is 13.4. The lowest BCUT2D eigenvalue weighted by molar-refractivity contribution is 0.0367. The minimum Gasteiger partial charge on any atom is -0.393 e. The Morgan fingerprint density at radius 1 is 1.56 bits per heavy atom. The van der Waals surface area contributed by atoms with Crippen molar-refractivity contribution < 1.29 is 17.9 Å². The first kappa shape index (κ1) is 13.4. The van der Waals surface area contributed by atoms with E-state index in [1.54, 1.807) is 0 Å². The molecule has 1 aliphatic rings. The molecule has 1 heterocycles. The van der Waals surface area contributed by atoms with Crippen LogP contribution < -0.4 is 0 Å². The number of hydrogen-bond donors (Lipinski definition) is 1. The zero-order chi connectivity index (χ0) is 13.3. The van der Waals surface area contributed by atoms with Crippen molar-refractivity contribution in [2.45, 2.75) is 24.0 Å². The van der Waals surface area contributed by atoms with Gasteiger partial charge in [0, 0.05) is 19.8 Å². The smallest absolute Gasteiger partial charge is 0.263 e. The Morgan fingerprint density at radius 3 is 2.78 bits per heavy atom. The zero-order valence-electron chi connectivity index (χ0n) is 9.95. The summed E-state index contributed by atoms with van der Waals surface area (Å²) < 4.78 is 38.7. The first-order valence-electron chi connectivity index (χ1n) is 5.66. The number of hydrogen-bond acceptors (Lipinski definition) is 4. The molecule has 2 rings (SSSR count). The number of halogens is 1. The van der Waals surface area contributed by atoms with E-state index in [1.165, 1.54) is 19.3 Å². The molecular weight excluding hydrogens is 259 g/mol. The van der Waals surface area contributed by atoms with E-state index in [1.807, 2.05) is 0 Å². The molecule has 0 unspecified atom stereocenters. The number of aliphatic hydroxyl groups is 1. The average Bonchev–Trinajstić information content (AvgIpc) is 2.27. The van der Waals surface area contributed by atoms with E-state index in [4.69, 9.17) is 5.11 Å². The van der Waals surface area contributed by atoms with Crippen LogP contribution in [0, 0.1) is 11.7 Å². The first-order chi connectivity index (χ1) is 8.41. The Bertz CT molecular complexity index is 529. The number of sulfonamides is 1. The number of pyridine rings is 1. The Balaban J connectivity index is 2.13. The van der Waals surface area contributed by atoms with Crippen LogP contribution in [0.15, 0.2) is 23.4 Å². The minimum atomic E-state index is -3.89. The fourth-order valence-electron chi connectivity index (χ4n) is 2.02. The van der Waals surface area contributed by atoms with Crippen molar-refractivity contribution in [2.24, 2.45) is 5.92 Å². The topological polar surface area (TPSA) is 70.5 Å². The number of aliphatic hydroxyl groups excluding tert-OH is 1. The van der Waals surface area contributed by atoms with Crippen molar-refractivity contribution >= 4 is 10.0 Å². The van der Waals surface area contributed by atoms with Crippen LogP contribution in [0.5, 0.6) is 0 Å². The number of nitrogens with zero attached hydrogens (tertiary/aromatic N) is 2. The maximum Gasteiger partial charge on any atom is 0.263 e. The first-order valence-corrected chi connectivity index (χ1v) is 7.10. The van der Waals surface area contributed by atoms with Crippen LogP contribution in [0.1, 0.15) is 12.8 Å². The molecular formula is C11H15FN2O3S. The van der Waals surface area contributed by atoms with Gasteiger partial charge in [0.15, 0.2) is 5.82 Å².